The fourth-order valence-electron chi connectivity index (χ4n) is 7.12. The number of aromatic nitrogens is 2. The number of Topliss-reactive ketones (excluding diaryl/α,β-unsaturated/α-hetero) is 2. The molecule has 3 heterocycles. The van der Waals surface area contributed by atoms with Crippen molar-refractivity contribution in [3.8, 4) is 11.4 Å². The van der Waals surface area contributed by atoms with Crippen molar-refractivity contribution in [2.24, 2.45) is 11.3 Å². The van der Waals surface area contributed by atoms with Crippen LogP contribution < -0.4 is 5.32 Å². The molecule has 228 valence electrons. The second kappa shape index (κ2) is 14.1. The number of likely N-dealkylation sites (tertiary alicyclic amines) is 1. The molecule has 1 saturated carbocycles. The lowest BCUT2D eigenvalue weighted by atomic mass is 9.90. The van der Waals surface area contributed by atoms with Crippen LogP contribution in [0.25, 0.3) is 11.4 Å². The Balaban J connectivity index is 1.38. The molecule has 42 heavy (non-hydrogen) atoms. The third-order valence-electron chi connectivity index (χ3n) is 10.1. The van der Waals surface area contributed by atoms with Crippen LogP contribution in [0.1, 0.15) is 132 Å². The summed E-state index contributed by atoms with van der Waals surface area (Å²) < 4.78 is 0. The average Bonchev–Trinajstić information content (AvgIpc) is 3.51. The standard InChI is InChI=1S/C35H50N4O3/c1-3-27(40)16-9-7-10-17-29(36-34(42)28-24-35(28)19-21-39(4-2)22-20-35)31-32-30(41)18-11-6-5-8-13-25-14-12-15-26(23-25)33(37-31)38-32/h12,14-15,23,28-29H,3-11,13,16-22,24H2,1-2H3,(H,36,42)(H,37,38)/t28?,29-/m0/s1. The maximum absolute atomic E-state index is 13.8. The van der Waals surface area contributed by atoms with Crippen LogP contribution >= 0.6 is 0 Å². The molecule has 1 aromatic carbocycles. The van der Waals surface area contributed by atoms with E-state index in [0.29, 0.717) is 36.6 Å². The zero-order valence-electron chi connectivity index (χ0n) is 25.8. The first-order valence-corrected chi connectivity index (χ1v) is 16.7. The van der Waals surface area contributed by atoms with Gasteiger partial charge in [0.05, 0.1) is 11.7 Å². The van der Waals surface area contributed by atoms with Gasteiger partial charge >= 0.3 is 0 Å². The fourth-order valence-corrected chi connectivity index (χ4v) is 7.12. The van der Waals surface area contributed by atoms with Gasteiger partial charge in [-0.05, 0) is 88.0 Å². The largest absolute Gasteiger partial charge is 0.347 e. The number of hydrogen-bond donors (Lipinski definition) is 2. The number of hydrogen-bond acceptors (Lipinski definition) is 5. The monoisotopic (exact) mass is 574 g/mol. The Morgan fingerprint density at radius 3 is 2.62 bits per heavy atom. The van der Waals surface area contributed by atoms with Crippen LogP contribution in [0.2, 0.25) is 0 Å². The van der Waals surface area contributed by atoms with Gasteiger partial charge in [-0.2, -0.15) is 0 Å². The molecule has 2 fully saturated rings. The number of ketones is 2. The van der Waals surface area contributed by atoms with Crippen molar-refractivity contribution in [3.05, 3.63) is 41.2 Å². The minimum absolute atomic E-state index is 0.0530. The summed E-state index contributed by atoms with van der Waals surface area (Å²) in [7, 11) is 0. The number of amides is 1. The molecule has 1 amide bonds. The van der Waals surface area contributed by atoms with Gasteiger partial charge in [0.25, 0.3) is 0 Å². The zero-order valence-corrected chi connectivity index (χ0v) is 25.8. The van der Waals surface area contributed by atoms with Gasteiger partial charge in [-0.25, -0.2) is 4.98 Å². The summed E-state index contributed by atoms with van der Waals surface area (Å²) in [5.41, 5.74) is 3.66. The number of fused-ring (bicyclic) bond motifs is 5. The zero-order chi connectivity index (χ0) is 29.5. The fraction of sp³-hybridized carbons (Fsp3) is 0.657. The van der Waals surface area contributed by atoms with Crippen LogP contribution in [0.4, 0.5) is 0 Å². The first kappa shape index (κ1) is 30.7. The molecule has 1 aliphatic carbocycles. The van der Waals surface area contributed by atoms with Gasteiger partial charge in [0.15, 0.2) is 5.78 Å². The molecular weight excluding hydrogens is 524 g/mol. The maximum atomic E-state index is 13.8. The third kappa shape index (κ3) is 7.39. The Labute approximate surface area is 251 Å². The van der Waals surface area contributed by atoms with Gasteiger partial charge in [0, 0.05) is 30.7 Å². The van der Waals surface area contributed by atoms with E-state index in [2.05, 4.69) is 46.4 Å². The number of nitrogens with zero attached hydrogens (tertiary/aromatic N) is 2. The molecule has 2 aliphatic heterocycles. The normalized spacial score (nSPS) is 21.2. The lowest BCUT2D eigenvalue weighted by Crippen LogP contribution is -2.37. The lowest BCUT2D eigenvalue weighted by Gasteiger charge is -2.32. The van der Waals surface area contributed by atoms with E-state index in [1.807, 2.05) is 6.92 Å². The van der Waals surface area contributed by atoms with E-state index in [1.165, 1.54) is 5.56 Å². The summed E-state index contributed by atoms with van der Waals surface area (Å²) in [5.74, 6) is 1.24. The van der Waals surface area contributed by atoms with Gasteiger partial charge in [-0.15, -0.1) is 0 Å². The van der Waals surface area contributed by atoms with Crippen molar-refractivity contribution in [3.63, 3.8) is 0 Å². The number of piperidine rings is 1. The number of imidazole rings is 1. The van der Waals surface area contributed by atoms with E-state index in [1.54, 1.807) is 0 Å². The number of benzene rings is 1. The summed E-state index contributed by atoms with van der Waals surface area (Å²) in [6.07, 6.45) is 13.4. The van der Waals surface area contributed by atoms with Gasteiger partial charge in [0.1, 0.15) is 17.3 Å². The van der Waals surface area contributed by atoms with E-state index in [4.69, 9.17) is 4.98 Å². The highest BCUT2D eigenvalue weighted by Crippen LogP contribution is 2.59. The molecule has 2 atom stereocenters. The first-order chi connectivity index (χ1) is 20.4. The number of aryl methyl sites for hydroxylation is 1. The average molecular weight is 575 g/mol. The lowest BCUT2D eigenvalue weighted by molar-refractivity contribution is -0.124. The molecule has 1 saturated heterocycles. The minimum atomic E-state index is -0.302. The summed E-state index contributed by atoms with van der Waals surface area (Å²) >= 11 is 0. The van der Waals surface area contributed by atoms with Crippen molar-refractivity contribution < 1.29 is 14.4 Å². The second-order valence-electron chi connectivity index (χ2n) is 13.0. The highest BCUT2D eigenvalue weighted by atomic mass is 16.2. The van der Waals surface area contributed by atoms with E-state index in [9.17, 15) is 14.4 Å². The smallest absolute Gasteiger partial charge is 0.224 e. The number of carbonyl (C=O) groups excluding carboxylic acids is 3. The summed E-state index contributed by atoms with van der Waals surface area (Å²) in [4.78, 5) is 50.1. The third-order valence-corrected chi connectivity index (χ3v) is 10.1. The Hall–Kier alpha value is -2.80. The summed E-state index contributed by atoms with van der Waals surface area (Å²) in [6.45, 7) is 7.33. The second-order valence-corrected chi connectivity index (χ2v) is 13.0. The molecular formula is C35H50N4O3. The Kier molecular flexibility index (Phi) is 10.3. The molecule has 1 aromatic heterocycles. The molecule has 2 N–H and O–H groups in total. The number of rotatable bonds is 11. The van der Waals surface area contributed by atoms with Gasteiger partial charge in [0.2, 0.25) is 5.91 Å². The molecule has 2 aromatic rings. The maximum Gasteiger partial charge on any atom is 0.224 e. The van der Waals surface area contributed by atoms with Gasteiger partial charge in [-0.1, -0.05) is 57.7 Å². The van der Waals surface area contributed by atoms with Crippen molar-refractivity contribution in [2.45, 2.75) is 116 Å². The number of unbranched alkanes of at least 4 members (excludes halogenated alkanes) is 2. The van der Waals surface area contributed by atoms with Crippen LogP contribution in [0.15, 0.2) is 24.3 Å². The van der Waals surface area contributed by atoms with Gasteiger partial charge < -0.3 is 15.2 Å². The highest BCUT2D eigenvalue weighted by molar-refractivity contribution is 5.96. The Bertz CT molecular complexity index is 1240. The SMILES string of the molecule is CCC(=O)CCCCC[C@H](NC(=O)C1CC12CCN(CC)CC2)c1[nH]c2nc1C(=O)CCCCCCc1cccc-2c1. The number of aromatic amines is 1. The van der Waals surface area contributed by atoms with E-state index < -0.39 is 0 Å². The molecule has 3 aliphatic rings. The first-order valence-electron chi connectivity index (χ1n) is 16.7. The van der Waals surface area contributed by atoms with Crippen LogP contribution in [-0.2, 0) is 16.0 Å². The van der Waals surface area contributed by atoms with E-state index in [-0.39, 0.29) is 29.1 Å². The topological polar surface area (TPSA) is 95.2 Å². The van der Waals surface area contributed by atoms with E-state index in [0.717, 1.165) is 108 Å². The molecule has 0 radical (unpaired) electrons. The summed E-state index contributed by atoms with van der Waals surface area (Å²) in [6, 6.07) is 8.17. The molecule has 7 nitrogen and oxygen atoms in total. The molecule has 1 spiro atoms. The molecule has 1 unspecified atom stereocenters. The van der Waals surface area contributed by atoms with Crippen molar-refractivity contribution >= 4 is 17.5 Å². The Morgan fingerprint density at radius 2 is 1.86 bits per heavy atom. The summed E-state index contributed by atoms with van der Waals surface area (Å²) in [5, 5.41) is 3.41. The van der Waals surface area contributed by atoms with Crippen LogP contribution in [-0.4, -0.2) is 52.0 Å². The quantitative estimate of drug-likeness (QED) is 0.283. The predicted molar refractivity (Wildman–Crippen MR) is 166 cm³/mol. The van der Waals surface area contributed by atoms with Crippen LogP contribution in [0.3, 0.4) is 0 Å². The minimum Gasteiger partial charge on any atom is -0.347 e. The highest BCUT2D eigenvalue weighted by Gasteiger charge is 2.58. The molecule has 5 rings (SSSR count). The van der Waals surface area contributed by atoms with Gasteiger partial charge in [-0.3, -0.25) is 14.4 Å². The van der Waals surface area contributed by atoms with Crippen LogP contribution in [0.5, 0.6) is 0 Å². The van der Waals surface area contributed by atoms with Crippen molar-refractivity contribution in [1.82, 2.24) is 20.2 Å². The van der Waals surface area contributed by atoms with Crippen LogP contribution in [0, 0.1) is 11.3 Å². The Morgan fingerprint density at radius 1 is 1.07 bits per heavy atom. The predicted octanol–water partition coefficient (Wildman–Crippen LogP) is 6.97. The van der Waals surface area contributed by atoms with Crippen molar-refractivity contribution in [2.75, 3.05) is 19.6 Å². The van der Waals surface area contributed by atoms with Crippen molar-refractivity contribution in [1.29, 1.82) is 0 Å². The number of H-pyrrole nitrogens is 1. The number of carbonyl (C=O) groups is 3. The molecule has 7 heteroatoms. The number of nitrogens with one attached hydrogen (secondary N) is 2. The molecule has 4 bridgehead atoms. The van der Waals surface area contributed by atoms with E-state index >= 15 is 0 Å².